The van der Waals surface area contributed by atoms with Crippen LogP contribution in [-0.4, -0.2) is 11.0 Å². The third-order valence-electron chi connectivity index (χ3n) is 3.77. The van der Waals surface area contributed by atoms with Crippen LogP contribution in [0.1, 0.15) is 21.5 Å². The summed E-state index contributed by atoms with van der Waals surface area (Å²) >= 11 is 0. The molecular formula is C19H16FNO2. The fourth-order valence-electron chi connectivity index (χ4n) is 2.56. The van der Waals surface area contributed by atoms with E-state index in [4.69, 9.17) is 5.11 Å². The Morgan fingerprint density at radius 2 is 1.83 bits per heavy atom. The van der Waals surface area contributed by atoms with Crippen LogP contribution in [0.3, 0.4) is 0 Å². The second-order valence-electron chi connectivity index (χ2n) is 5.29. The van der Waals surface area contributed by atoms with E-state index < -0.39 is 5.82 Å². The zero-order valence-electron chi connectivity index (χ0n) is 12.4. The van der Waals surface area contributed by atoms with Crippen molar-refractivity contribution in [2.75, 3.05) is 0 Å². The number of fused-ring (bicyclic) bond motifs is 1. The highest BCUT2D eigenvalue weighted by atomic mass is 19.1. The zero-order chi connectivity index (χ0) is 16.2. The van der Waals surface area contributed by atoms with Crippen LogP contribution in [0.25, 0.3) is 10.8 Å². The lowest BCUT2D eigenvalue weighted by Gasteiger charge is -2.09. The van der Waals surface area contributed by atoms with Gasteiger partial charge in [0.1, 0.15) is 5.82 Å². The lowest BCUT2D eigenvalue weighted by Crippen LogP contribution is -2.23. The third kappa shape index (κ3) is 3.22. The van der Waals surface area contributed by atoms with Gasteiger partial charge in [-0.2, -0.15) is 0 Å². The number of hydrogen-bond acceptors (Lipinski definition) is 2. The Morgan fingerprint density at radius 1 is 1.04 bits per heavy atom. The van der Waals surface area contributed by atoms with Crippen molar-refractivity contribution < 1.29 is 14.3 Å². The van der Waals surface area contributed by atoms with Crippen LogP contribution in [0.2, 0.25) is 0 Å². The number of hydrogen-bond donors (Lipinski definition) is 2. The van der Waals surface area contributed by atoms with Crippen LogP contribution in [0.5, 0.6) is 0 Å². The second kappa shape index (κ2) is 6.58. The van der Waals surface area contributed by atoms with E-state index in [1.807, 2.05) is 36.4 Å². The molecule has 0 fully saturated rings. The quantitative estimate of drug-likeness (QED) is 0.776. The summed E-state index contributed by atoms with van der Waals surface area (Å²) in [6.45, 7) is -0.0910. The molecule has 0 unspecified atom stereocenters. The summed E-state index contributed by atoms with van der Waals surface area (Å²) in [7, 11) is 0. The summed E-state index contributed by atoms with van der Waals surface area (Å²) in [5, 5.41) is 13.8. The van der Waals surface area contributed by atoms with Gasteiger partial charge in [0.05, 0.1) is 6.61 Å². The summed E-state index contributed by atoms with van der Waals surface area (Å²) in [4.78, 5) is 12.4. The topological polar surface area (TPSA) is 49.3 Å². The van der Waals surface area contributed by atoms with Gasteiger partial charge in [0.15, 0.2) is 0 Å². The summed E-state index contributed by atoms with van der Waals surface area (Å²) in [5.74, 6) is -0.631. The predicted octanol–water partition coefficient (Wildman–Crippen LogP) is 3.40. The average molecular weight is 309 g/mol. The van der Waals surface area contributed by atoms with Gasteiger partial charge < -0.3 is 10.4 Å². The molecule has 0 saturated heterocycles. The van der Waals surface area contributed by atoms with E-state index in [-0.39, 0.29) is 24.6 Å². The van der Waals surface area contributed by atoms with Crippen molar-refractivity contribution in [2.24, 2.45) is 0 Å². The Morgan fingerprint density at radius 3 is 2.65 bits per heavy atom. The minimum absolute atomic E-state index is 0.184. The van der Waals surface area contributed by atoms with Gasteiger partial charge in [-0.3, -0.25) is 4.79 Å². The van der Waals surface area contributed by atoms with E-state index >= 15 is 0 Å². The minimum Gasteiger partial charge on any atom is -0.392 e. The highest BCUT2D eigenvalue weighted by Crippen LogP contribution is 2.18. The molecule has 3 aromatic carbocycles. The first-order valence-corrected chi connectivity index (χ1v) is 7.33. The molecule has 116 valence electrons. The molecule has 0 aromatic heterocycles. The SMILES string of the molecule is O=C(NCc1ccc(F)c(CO)c1)c1cccc2ccccc12. The van der Waals surface area contributed by atoms with E-state index in [9.17, 15) is 9.18 Å². The van der Waals surface area contributed by atoms with Gasteiger partial charge >= 0.3 is 0 Å². The van der Waals surface area contributed by atoms with Gasteiger partial charge in [0.2, 0.25) is 0 Å². The molecule has 0 heterocycles. The normalized spacial score (nSPS) is 10.7. The van der Waals surface area contributed by atoms with E-state index in [2.05, 4.69) is 5.32 Å². The van der Waals surface area contributed by atoms with Gasteiger partial charge in [-0.05, 0) is 34.5 Å². The molecule has 23 heavy (non-hydrogen) atoms. The Kier molecular flexibility index (Phi) is 4.35. The van der Waals surface area contributed by atoms with Crippen molar-refractivity contribution in [1.82, 2.24) is 5.32 Å². The summed E-state index contributed by atoms with van der Waals surface area (Å²) < 4.78 is 13.4. The van der Waals surface area contributed by atoms with Crippen LogP contribution in [0.15, 0.2) is 60.7 Å². The average Bonchev–Trinajstić information content (AvgIpc) is 2.60. The van der Waals surface area contributed by atoms with Gasteiger partial charge in [0, 0.05) is 17.7 Å². The molecular weight excluding hydrogens is 293 g/mol. The van der Waals surface area contributed by atoms with E-state index in [1.54, 1.807) is 18.2 Å². The fourth-order valence-corrected chi connectivity index (χ4v) is 2.56. The molecule has 4 heteroatoms. The molecule has 0 saturated carbocycles. The molecule has 0 aliphatic heterocycles. The van der Waals surface area contributed by atoms with Crippen molar-refractivity contribution >= 4 is 16.7 Å². The van der Waals surface area contributed by atoms with Crippen molar-refractivity contribution in [3.63, 3.8) is 0 Å². The summed E-state index contributed by atoms with van der Waals surface area (Å²) in [6.07, 6.45) is 0. The molecule has 0 aliphatic carbocycles. The maximum Gasteiger partial charge on any atom is 0.252 e. The smallest absolute Gasteiger partial charge is 0.252 e. The number of rotatable bonds is 4. The largest absolute Gasteiger partial charge is 0.392 e. The number of amides is 1. The number of benzene rings is 3. The highest BCUT2D eigenvalue weighted by molar-refractivity contribution is 6.06. The van der Waals surface area contributed by atoms with Gasteiger partial charge in [-0.25, -0.2) is 4.39 Å². The third-order valence-corrected chi connectivity index (χ3v) is 3.77. The molecule has 0 radical (unpaired) electrons. The Labute approximate surface area is 133 Å². The molecule has 3 nitrogen and oxygen atoms in total. The molecule has 0 atom stereocenters. The lowest BCUT2D eigenvalue weighted by molar-refractivity contribution is 0.0952. The number of aliphatic hydroxyl groups is 1. The Hall–Kier alpha value is -2.72. The number of aliphatic hydroxyl groups excluding tert-OH is 1. The number of halogens is 1. The lowest BCUT2D eigenvalue weighted by atomic mass is 10.0. The Bertz CT molecular complexity index is 856. The first-order chi connectivity index (χ1) is 11.2. The highest BCUT2D eigenvalue weighted by Gasteiger charge is 2.10. The molecule has 3 rings (SSSR count). The van der Waals surface area contributed by atoms with Gasteiger partial charge in [-0.15, -0.1) is 0 Å². The number of carbonyl (C=O) groups is 1. The molecule has 0 aliphatic rings. The zero-order valence-corrected chi connectivity index (χ0v) is 12.4. The second-order valence-corrected chi connectivity index (χ2v) is 5.29. The van der Waals surface area contributed by atoms with E-state index in [0.717, 1.165) is 16.3 Å². The van der Waals surface area contributed by atoms with Gasteiger partial charge in [-0.1, -0.05) is 42.5 Å². The summed E-state index contributed by atoms with van der Waals surface area (Å²) in [5.41, 5.74) is 1.57. The van der Waals surface area contributed by atoms with Crippen molar-refractivity contribution in [3.05, 3.63) is 83.2 Å². The molecule has 0 bridgehead atoms. The van der Waals surface area contributed by atoms with Gasteiger partial charge in [0.25, 0.3) is 5.91 Å². The van der Waals surface area contributed by atoms with Crippen LogP contribution < -0.4 is 5.32 Å². The predicted molar refractivity (Wildman–Crippen MR) is 87.4 cm³/mol. The van der Waals surface area contributed by atoms with E-state index in [0.29, 0.717) is 5.56 Å². The Balaban J connectivity index is 1.79. The summed E-state index contributed by atoms with van der Waals surface area (Å²) in [6, 6.07) is 17.7. The van der Waals surface area contributed by atoms with E-state index in [1.165, 1.54) is 6.07 Å². The maximum atomic E-state index is 13.4. The maximum absolute atomic E-state index is 13.4. The van der Waals surface area contributed by atoms with Crippen molar-refractivity contribution in [2.45, 2.75) is 13.2 Å². The minimum atomic E-state index is -0.448. The molecule has 1 amide bonds. The van der Waals surface area contributed by atoms with Crippen LogP contribution in [0, 0.1) is 5.82 Å². The van der Waals surface area contributed by atoms with Crippen LogP contribution >= 0.6 is 0 Å². The standard InChI is InChI=1S/C19H16FNO2/c20-18-9-8-13(10-15(18)12-22)11-21-19(23)17-7-3-5-14-4-1-2-6-16(14)17/h1-10,22H,11-12H2,(H,21,23). The van der Waals surface area contributed by atoms with Crippen molar-refractivity contribution in [3.8, 4) is 0 Å². The first kappa shape index (κ1) is 15.2. The molecule has 2 N–H and O–H groups in total. The van der Waals surface area contributed by atoms with Crippen molar-refractivity contribution in [1.29, 1.82) is 0 Å². The number of carbonyl (C=O) groups excluding carboxylic acids is 1. The molecule has 0 spiro atoms. The molecule has 3 aromatic rings. The first-order valence-electron chi connectivity index (χ1n) is 7.33. The van der Waals surface area contributed by atoms with Crippen LogP contribution in [0.4, 0.5) is 4.39 Å². The fraction of sp³-hybridized carbons (Fsp3) is 0.105. The van der Waals surface area contributed by atoms with Crippen LogP contribution in [-0.2, 0) is 13.2 Å². The number of nitrogens with one attached hydrogen (secondary N) is 1. The monoisotopic (exact) mass is 309 g/mol.